The van der Waals surface area contributed by atoms with Gasteiger partial charge in [0.05, 0.1) is 12.1 Å². The van der Waals surface area contributed by atoms with Gasteiger partial charge >= 0.3 is 0 Å². The Morgan fingerprint density at radius 1 is 1.18 bits per heavy atom. The first-order valence-electron chi connectivity index (χ1n) is 6.56. The zero-order chi connectivity index (χ0) is 15.9. The number of hydrogen-bond acceptors (Lipinski definition) is 4. The quantitative estimate of drug-likeness (QED) is 0.761. The van der Waals surface area contributed by atoms with E-state index in [4.69, 9.17) is 0 Å². The fourth-order valence-electron chi connectivity index (χ4n) is 1.77. The molecule has 0 saturated carbocycles. The molecular formula is C15H15BrN4O2. The van der Waals surface area contributed by atoms with Crippen LogP contribution >= 0.6 is 15.9 Å². The van der Waals surface area contributed by atoms with Gasteiger partial charge in [-0.1, -0.05) is 15.9 Å². The lowest BCUT2D eigenvalue weighted by Crippen LogP contribution is -2.25. The average Bonchev–Trinajstić information content (AvgIpc) is 2.54. The van der Waals surface area contributed by atoms with Gasteiger partial charge in [0.15, 0.2) is 0 Å². The summed E-state index contributed by atoms with van der Waals surface area (Å²) in [6.45, 7) is 0.0110. The number of nitrogens with one attached hydrogen (secondary N) is 3. The Bertz CT molecular complexity index is 673. The smallest absolute Gasteiger partial charge is 0.254 e. The van der Waals surface area contributed by atoms with Crippen LogP contribution in [0.25, 0.3) is 0 Å². The molecule has 2 aromatic rings. The van der Waals surface area contributed by atoms with Crippen molar-refractivity contribution in [3.63, 3.8) is 0 Å². The lowest BCUT2D eigenvalue weighted by Gasteiger charge is -2.10. The predicted molar refractivity (Wildman–Crippen MR) is 88.9 cm³/mol. The van der Waals surface area contributed by atoms with Gasteiger partial charge in [0.1, 0.15) is 5.82 Å². The molecular weight excluding hydrogens is 348 g/mol. The lowest BCUT2D eigenvalue weighted by atomic mass is 10.2. The van der Waals surface area contributed by atoms with Crippen molar-refractivity contribution in [2.24, 2.45) is 0 Å². The lowest BCUT2D eigenvalue weighted by molar-refractivity contribution is -0.114. The molecule has 1 aromatic heterocycles. The van der Waals surface area contributed by atoms with Crippen molar-refractivity contribution in [3.8, 4) is 0 Å². The molecule has 0 bridgehead atoms. The van der Waals surface area contributed by atoms with Gasteiger partial charge in [-0.15, -0.1) is 0 Å². The zero-order valence-electron chi connectivity index (χ0n) is 11.9. The topological polar surface area (TPSA) is 83.1 Å². The predicted octanol–water partition coefficient (Wildman–Crippen LogP) is 2.25. The summed E-state index contributed by atoms with van der Waals surface area (Å²) in [5.74, 6) is -0.118. The summed E-state index contributed by atoms with van der Waals surface area (Å²) < 4.78 is 0.937. The Hall–Kier alpha value is -2.41. The number of aromatic nitrogens is 1. The van der Waals surface area contributed by atoms with Gasteiger partial charge in [-0.2, -0.15) is 0 Å². The third kappa shape index (κ3) is 4.29. The number of pyridine rings is 1. The van der Waals surface area contributed by atoms with Gasteiger partial charge in [-0.3, -0.25) is 9.59 Å². The van der Waals surface area contributed by atoms with E-state index in [1.165, 1.54) is 0 Å². The third-order valence-electron chi connectivity index (χ3n) is 2.82. The molecule has 6 nitrogen and oxygen atoms in total. The maximum Gasteiger partial charge on any atom is 0.254 e. The summed E-state index contributed by atoms with van der Waals surface area (Å²) in [7, 11) is 1.54. The maximum absolute atomic E-state index is 11.9. The fraction of sp³-hybridized carbons (Fsp3) is 0.133. The first kappa shape index (κ1) is 16.0. The third-order valence-corrected chi connectivity index (χ3v) is 3.35. The Morgan fingerprint density at radius 3 is 2.59 bits per heavy atom. The van der Waals surface area contributed by atoms with E-state index in [1.807, 2.05) is 12.1 Å². The second-order valence-electron chi connectivity index (χ2n) is 4.39. The van der Waals surface area contributed by atoms with Crippen LogP contribution in [0.5, 0.6) is 0 Å². The molecule has 0 radical (unpaired) electrons. The van der Waals surface area contributed by atoms with Crippen LogP contribution in [0.3, 0.4) is 0 Å². The minimum atomic E-state index is -0.260. The van der Waals surface area contributed by atoms with E-state index in [0.717, 1.165) is 4.47 Å². The van der Waals surface area contributed by atoms with E-state index < -0.39 is 0 Å². The molecule has 2 rings (SSSR count). The van der Waals surface area contributed by atoms with Crippen LogP contribution in [-0.4, -0.2) is 30.4 Å². The SMILES string of the molecule is CNC(=O)c1cccnc1NCC(=O)Nc1ccc(Br)cc1. The number of anilines is 2. The molecule has 7 heteroatoms. The molecule has 0 aliphatic carbocycles. The van der Waals surface area contributed by atoms with Crippen LogP contribution < -0.4 is 16.0 Å². The van der Waals surface area contributed by atoms with E-state index in [1.54, 1.807) is 37.5 Å². The number of amides is 2. The molecule has 2 amide bonds. The highest BCUT2D eigenvalue weighted by atomic mass is 79.9. The summed E-state index contributed by atoms with van der Waals surface area (Å²) in [6, 6.07) is 10.6. The maximum atomic E-state index is 11.9. The van der Waals surface area contributed by atoms with E-state index >= 15 is 0 Å². The second-order valence-corrected chi connectivity index (χ2v) is 5.30. The van der Waals surface area contributed by atoms with Gasteiger partial charge in [-0.25, -0.2) is 4.98 Å². The molecule has 0 unspecified atom stereocenters. The normalized spacial score (nSPS) is 9.91. The summed E-state index contributed by atoms with van der Waals surface area (Å²) in [5.41, 5.74) is 1.09. The minimum absolute atomic E-state index is 0.0110. The Kier molecular flexibility index (Phi) is 5.48. The van der Waals surface area contributed by atoms with Crippen molar-refractivity contribution in [2.45, 2.75) is 0 Å². The van der Waals surface area contributed by atoms with Crippen molar-refractivity contribution in [1.29, 1.82) is 0 Å². The standard InChI is InChI=1S/C15H15BrN4O2/c1-17-15(22)12-3-2-8-18-14(12)19-9-13(21)20-11-6-4-10(16)5-7-11/h2-8H,9H2,1H3,(H,17,22)(H,18,19)(H,20,21). The number of rotatable bonds is 5. The largest absolute Gasteiger partial charge is 0.360 e. The highest BCUT2D eigenvalue weighted by molar-refractivity contribution is 9.10. The molecule has 0 aliphatic heterocycles. The number of carbonyl (C=O) groups excluding carboxylic acids is 2. The van der Waals surface area contributed by atoms with E-state index in [9.17, 15) is 9.59 Å². The van der Waals surface area contributed by atoms with Gasteiger partial charge in [-0.05, 0) is 36.4 Å². The molecule has 0 atom stereocenters. The van der Waals surface area contributed by atoms with Crippen LogP contribution in [0, 0.1) is 0 Å². The van der Waals surface area contributed by atoms with Crippen LogP contribution in [0.2, 0.25) is 0 Å². The van der Waals surface area contributed by atoms with E-state index in [0.29, 0.717) is 17.1 Å². The summed E-state index contributed by atoms with van der Waals surface area (Å²) >= 11 is 3.33. The molecule has 0 saturated heterocycles. The van der Waals surface area contributed by atoms with Gasteiger partial charge in [0.25, 0.3) is 5.91 Å². The van der Waals surface area contributed by atoms with Crippen molar-refractivity contribution >= 4 is 39.2 Å². The van der Waals surface area contributed by atoms with Crippen molar-refractivity contribution in [3.05, 3.63) is 52.6 Å². The van der Waals surface area contributed by atoms with Crippen LogP contribution in [-0.2, 0) is 4.79 Å². The molecule has 1 heterocycles. The van der Waals surface area contributed by atoms with Crippen molar-refractivity contribution < 1.29 is 9.59 Å². The van der Waals surface area contributed by atoms with Gasteiger partial charge < -0.3 is 16.0 Å². The molecule has 114 valence electrons. The molecule has 0 fully saturated rings. The Labute approximate surface area is 136 Å². The van der Waals surface area contributed by atoms with Gasteiger partial charge in [0.2, 0.25) is 5.91 Å². The monoisotopic (exact) mass is 362 g/mol. The van der Waals surface area contributed by atoms with Crippen LogP contribution in [0.1, 0.15) is 10.4 Å². The number of carbonyl (C=O) groups is 2. The van der Waals surface area contributed by atoms with E-state index in [2.05, 4.69) is 36.9 Å². The first-order valence-corrected chi connectivity index (χ1v) is 7.36. The Morgan fingerprint density at radius 2 is 1.91 bits per heavy atom. The highest BCUT2D eigenvalue weighted by Crippen LogP contribution is 2.14. The molecule has 0 aliphatic rings. The second kappa shape index (κ2) is 7.56. The van der Waals surface area contributed by atoms with Crippen molar-refractivity contribution in [2.75, 3.05) is 24.2 Å². The Balaban J connectivity index is 1.96. The summed E-state index contributed by atoms with van der Waals surface area (Å²) in [6.07, 6.45) is 1.56. The minimum Gasteiger partial charge on any atom is -0.360 e. The number of halogens is 1. The highest BCUT2D eigenvalue weighted by Gasteiger charge is 2.11. The number of hydrogen-bond donors (Lipinski definition) is 3. The zero-order valence-corrected chi connectivity index (χ0v) is 13.5. The first-order chi connectivity index (χ1) is 10.6. The van der Waals surface area contributed by atoms with Gasteiger partial charge in [0, 0.05) is 23.4 Å². The number of nitrogens with zero attached hydrogens (tertiary/aromatic N) is 1. The molecule has 3 N–H and O–H groups in total. The number of benzene rings is 1. The summed E-state index contributed by atoms with van der Waals surface area (Å²) in [4.78, 5) is 27.7. The molecule has 1 aromatic carbocycles. The van der Waals surface area contributed by atoms with Crippen LogP contribution in [0.4, 0.5) is 11.5 Å². The molecule has 22 heavy (non-hydrogen) atoms. The molecule has 0 spiro atoms. The fourth-order valence-corrected chi connectivity index (χ4v) is 2.03. The van der Waals surface area contributed by atoms with Crippen LogP contribution in [0.15, 0.2) is 47.1 Å². The summed E-state index contributed by atoms with van der Waals surface area (Å²) in [5, 5.41) is 8.15. The average molecular weight is 363 g/mol. The van der Waals surface area contributed by atoms with Crippen molar-refractivity contribution in [1.82, 2.24) is 10.3 Å². The van der Waals surface area contributed by atoms with E-state index in [-0.39, 0.29) is 18.4 Å².